The fraction of sp³-hybridized carbons (Fsp3) is 0.667. The van der Waals surface area contributed by atoms with Crippen molar-refractivity contribution in [1.29, 1.82) is 5.26 Å². The van der Waals surface area contributed by atoms with Crippen LogP contribution >= 0.6 is 0 Å². The maximum absolute atomic E-state index is 10.7. The summed E-state index contributed by atoms with van der Waals surface area (Å²) in [6, 6.07) is 1.70. The Balaban J connectivity index is 2.72. The lowest BCUT2D eigenvalue weighted by Gasteiger charge is -2.38. The molecule has 1 rings (SSSR count). The molecule has 0 aromatic rings. The molecule has 1 N–H and O–H groups in total. The molecule has 0 spiro atoms. The number of carbonyl (C=O) groups excluding carboxylic acids is 1. The normalized spacial score (nSPS) is 29.9. The van der Waals surface area contributed by atoms with Gasteiger partial charge in [0, 0.05) is 0 Å². The van der Waals surface area contributed by atoms with Gasteiger partial charge in [0.2, 0.25) is 5.91 Å². The predicted octanol–water partition coefficient (Wildman–Crippen LogP) is 0.0346. The molecule has 1 aliphatic heterocycles. The molecule has 0 aliphatic carbocycles. The fourth-order valence-corrected chi connectivity index (χ4v) is 0.745. The van der Waals surface area contributed by atoms with Crippen LogP contribution in [-0.4, -0.2) is 11.9 Å². The highest BCUT2D eigenvalue weighted by molar-refractivity contribution is 5.90. The summed E-state index contributed by atoms with van der Waals surface area (Å²) in [5, 5.41) is 10.9. The number of nitrogens with one attached hydrogen (secondary N) is 1. The maximum atomic E-state index is 10.7. The Bertz CT molecular complexity index is 190. The predicted molar refractivity (Wildman–Crippen MR) is 31.3 cm³/mol. The molecular formula is C6H8N2O. The minimum Gasteiger partial charge on any atom is -0.339 e. The summed E-state index contributed by atoms with van der Waals surface area (Å²) in [6.45, 7) is 3.53. The van der Waals surface area contributed by atoms with Crippen molar-refractivity contribution < 1.29 is 4.79 Å². The van der Waals surface area contributed by atoms with Crippen LogP contribution in [0, 0.1) is 16.7 Å². The van der Waals surface area contributed by atoms with E-state index in [1.54, 1.807) is 13.8 Å². The summed E-state index contributed by atoms with van der Waals surface area (Å²) in [7, 11) is 0. The molecular weight excluding hydrogens is 116 g/mol. The van der Waals surface area contributed by atoms with Crippen molar-refractivity contribution in [2.45, 2.75) is 19.9 Å². The Morgan fingerprint density at radius 1 is 1.78 bits per heavy atom. The number of hydrogen-bond acceptors (Lipinski definition) is 2. The van der Waals surface area contributed by atoms with Crippen LogP contribution in [0.3, 0.4) is 0 Å². The summed E-state index contributed by atoms with van der Waals surface area (Å²) in [4.78, 5) is 10.7. The van der Waals surface area contributed by atoms with Crippen molar-refractivity contribution in [2.75, 3.05) is 0 Å². The molecule has 0 saturated carbocycles. The Morgan fingerprint density at radius 2 is 2.33 bits per heavy atom. The van der Waals surface area contributed by atoms with Crippen LogP contribution in [0.4, 0.5) is 0 Å². The van der Waals surface area contributed by atoms with Crippen LogP contribution in [0.15, 0.2) is 0 Å². The molecule has 0 radical (unpaired) electrons. The highest BCUT2D eigenvalue weighted by Gasteiger charge is 2.47. The van der Waals surface area contributed by atoms with Crippen LogP contribution in [-0.2, 0) is 4.79 Å². The molecule has 0 bridgehead atoms. The molecule has 1 amide bonds. The summed E-state index contributed by atoms with van der Waals surface area (Å²) in [6.07, 6.45) is 0. The van der Waals surface area contributed by atoms with Gasteiger partial charge in [-0.25, -0.2) is 0 Å². The Kier molecular flexibility index (Phi) is 0.995. The van der Waals surface area contributed by atoms with Gasteiger partial charge in [-0.1, -0.05) is 0 Å². The summed E-state index contributed by atoms with van der Waals surface area (Å²) in [5.74, 6) is -0.0333. The van der Waals surface area contributed by atoms with Gasteiger partial charge in [0.15, 0.2) is 0 Å². The van der Waals surface area contributed by atoms with Crippen molar-refractivity contribution >= 4 is 5.91 Å². The summed E-state index contributed by atoms with van der Waals surface area (Å²) < 4.78 is 0. The van der Waals surface area contributed by atoms with Crippen molar-refractivity contribution in [3.63, 3.8) is 0 Å². The van der Waals surface area contributed by atoms with E-state index in [9.17, 15) is 4.79 Å². The Hall–Kier alpha value is -1.04. The average Bonchev–Trinajstić information content (AvgIpc) is 1.82. The summed E-state index contributed by atoms with van der Waals surface area (Å²) in [5.41, 5.74) is -0.464. The lowest BCUT2D eigenvalue weighted by Crippen LogP contribution is -2.63. The lowest BCUT2D eigenvalue weighted by atomic mass is 9.77. The highest BCUT2D eigenvalue weighted by atomic mass is 16.2. The third-order valence-electron chi connectivity index (χ3n) is 1.71. The third kappa shape index (κ3) is 0.595. The number of β-lactam (4-membered cyclic amide) rings is 1. The second kappa shape index (κ2) is 1.47. The van der Waals surface area contributed by atoms with Gasteiger partial charge >= 0.3 is 0 Å². The third-order valence-corrected chi connectivity index (χ3v) is 1.71. The quantitative estimate of drug-likeness (QED) is 0.463. The number of carbonyl (C=O) groups is 1. The van der Waals surface area contributed by atoms with E-state index in [-0.39, 0.29) is 11.9 Å². The zero-order chi connectivity index (χ0) is 7.07. The number of nitrogens with zero attached hydrogens (tertiary/aromatic N) is 1. The number of nitriles is 1. The molecule has 1 heterocycles. The molecule has 9 heavy (non-hydrogen) atoms. The molecule has 3 heteroatoms. The van der Waals surface area contributed by atoms with E-state index in [0.29, 0.717) is 0 Å². The fourth-order valence-electron chi connectivity index (χ4n) is 0.745. The molecule has 3 nitrogen and oxygen atoms in total. The zero-order valence-corrected chi connectivity index (χ0v) is 5.43. The number of hydrogen-bond donors (Lipinski definition) is 1. The van der Waals surface area contributed by atoms with Crippen LogP contribution in [0.25, 0.3) is 0 Å². The van der Waals surface area contributed by atoms with Gasteiger partial charge in [-0.05, 0) is 13.8 Å². The molecule has 0 aromatic carbocycles. The average molecular weight is 124 g/mol. The van der Waals surface area contributed by atoms with E-state index in [1.807, 2.05) is 6.07 Å². The molecule has 1 unspecified atom stereocenters. The minimum absolute atomic E-state index is 0.0333. The van der Waals surface area contributed by atoms with Crippen molar-refractivity contribution in [3.05, 3.63) is 0 Å². The van der Waals surface area contributed by atoms with Gasteiger partial charge in [-0.3, -0.25) is 4.79 Å². The zero-order valence-electron chi connectivity index (χ0n) is 5.43. The van der Waals surface area contributed by atoms with E-state index >= 15 is 0 Å². The van der Waals surface area contributed by atoms with Crippen molar-refractivity contribution in [1.82, 2.24) is 5.32 Å². The van der Waals surface area contributed by atoms with Gasteiger partial charge < -0.3 is 5.32 Å². The molecule has 1 atom stereocenters. The molecule has 1 fully saturated rings. The standard InChI is InChI=1S/C6H8N2O/c1-6(2)4(3-7)8-5(6)9/h4H,1-2H3,(H,8,9). The first-order valence-electron chi connectivity index (χ1n) is 2.79. The molecule has 0 aromatic heterocycles. The van der Waals surface area contributed by atoms with Crippen LogP contribution in [0.1, 0.15) is 13.8 Å². The first kappa shape index (κ1) is 6.09. The smallest absolute Gasteiger partial charge is 0.229 e. The minimum atomic E-state index is -0.464. The van der Waals surface area contributed by atoms with Gasteiger partial charge in [0.05, 0.1) is 11.5 Å². The second-order valence-corrected chi connectivity index (χ2v) is 2.76. The van der Waals surface area contributed by atoms with Crippen molar-refractivity contribution in [2.24, 2.45) is 5.41 Å². The highest BCUT2D eigenvalue weighted by Crippen LogP contribution is 2.28. The van der Waals surface area contributed by atoms with E-state index < -0.39 is 5.41 Å². The largest absolute Gasteiger partial charge is 0.339 e. The van der Waals surface area contributed by atoms with Gasteiger partial charge in [0.25, 0.3) is 0 Å². The van der Waals surface area contributed by atoms with E-state index in [0.717, 1.165) is 0 Å². The lowest BCUT2D eigenvalue weighted by molar-refractivity contribution is -0.140. The van der Waals surface area contributed by atoms with Crippen LogP contribution < -0.4 is 5.32 Å². The van der Waals surface area contributed by atoms with E-state index in [2.05, 4.69) is 5.32 Å². The molecule has 1 aliphatic rings. The Labute approximate surface area is 53.7 Å². The van der Waals surface area contributed by atoms with Crippen LogP contribution in [0.2, 0.25) is 0 Å². The molecule has 48 valence electrons. The number of rotatable bonds is 0. The van der Waals surface area contributed by atoms with E-state index in [1.165, 1.54) is 0 Å². The van der Waals surface area contributed by atoms with Gasteiger partial charge in [0.1, 0.15) is 6.04 Å². The topological polar surface area (TPSA) is 52.9 Å². The first-order valence-corrected chi connectivity index (χ1v) is 2.79. The first-order chi connectivity index (χ1) is 4.09. The van der Waals surface area contributed by atoms with Gasteiger partial charge in [-0.15, -0.1) is 0 Å². The Morgan fingerprint density at radius 3 is 2.44 bits per heavy atom. The molecule has 1 saturated heterocycles. The van der Waals surface area contributed by atoms with Crippen LogP contribution in [0.5, 0.6) is 0 Å². The SMILES string of the molecule is CC1(C)C(=O)NC1C#N. The van der Waals surface area contributed by atoms with Gasteiger partial charge in [-0.2, -0.15) is 5.26 Å². The summed E-state index contributed by atoms with van der Waals surface area (Å²) >= 11 is 0. The maximum Gasteiger partial charge on any atom is 0.229 e. The monoisotopic (exact) mass is 124 g/mol. The van der Waals surface area contributed by atoms with E-state index in [4.69, 9.17) is 5.26 Å². The number of amides is 1. The second-order valence-electron chi connectivity index (χ2n) is 2.76. The van der Waals surface area contributed by atoms with Crippen molar-refractivity contribution in [3.8, 4) is 6.07 Å².